The van der Waals surface area contributed by atoms with Crippen LogP contribution in [0.4, 0.5) is 0 Å². The van der Waals surface area contributed by atoms with Gasteiger partial charge in [0.05, 0.1) is 11.1 Å². The minimum atomic E-state index is -0.0462. The third-order valence-electron chi connectivity index (χ3n) is 6.81. The Labute approximate surface area is 180 Å². The zero-order valence-corrected chi connectivity index (χ0v) is 19.4. The van der Waals surface area contributed by atoms with Gasteiger partial charge in [0.15, 0.2) is 6.23 Å². The number of fused-ring (bicyclic) bond motifs is 3. The number of ether oxygens (including phenoxy) is 1. The zero-order chi connectivity index (χ0) is 20.4. The quantitative estimate of drug-likeness (QED) is 0.426. The molecule has 0 spiro atoms. The van der Waals surface area contributed by atoms with Crippen LogP contribution < -0.4 is 4.74 Å². The van der Waals surface area contributed by atoms with E-state index in [0.717, 1.165) is 48.8 Å². The summed E-state index contributed by atoms with van der Waals surface area (Å²) in [6, 6.07) is 3.96. The van der Waals surface area contributed by atoms with Crippen LogP contribution in [0.5, 0.6) is 5.75 Å². The average molecular weight is 425 g/mol. The number of rotatable bonds is 8. The lowest BCUT2D eigenvalue weighted by Crippen LogP contribution is -2.40. The normalized spacial score (nSPS) is 24.1. The van der Waals surface area contributed by atoms with E-state index < -0.39 is 0 Å². The highest BCUT2D eigenvalue weighted by atomic mass is 35.5. The number of hydrogen-bond donors (Lipinski definition) is 0. The van der Waals surface area contributed by atoms with E-state index in [1.807, 2.05) is 6.07 Å². The molecule has 0 bridgehead atoms. The van der Waals surface area contributed by atoms with E-state index in [1.54, 1.807) is 6.07 Å². The minimum Gasteiger partial charge on any atom is -0.467 e. The van der Waals surface area contributed by atoms with Crippen molar-refractivity contribution in [3.05, 3.63) is 27.7 Å². The second-order valence-corrected chi connectivity index (χ2v) is 9.54. The number of nitrogens with zero attached hydrogens (tertiary/aromatic N) is 2. The summed E-state index contributed by atoms with van der Waals surface area (Å²) >= 11 is 12.7. The summed E-state index contributed by atoms with van der Waals surface area (Å²) in [5, 5.41) is 8.43. The van der Waals surface area contributed by atoms with Crippen LogP contribution in [-0.2, 0) is 0 Å². The first-order chi connectivity index (χ1) is 13.3. The Morgan fingerprint density at radius 3 is 2.61 bits per heavy atom. The van der Waals surface area contributed by atoms with E-state index in [4.69, 9.17) is 33.0 Å². The molecule has 1 aromatic rings. The molecule has 0 N–H and O–H groups in total. The maximum atomic E-state index is 6.46. The van der Waals surface area contributed by atoms with Gasteiger partial charge in [-0.05, 0) is 42.7 Å². The van der Waals surface area contributed by atoms with E-state index in [0.29, 0.717) is 16.0 Å². The Balaban J connectivity index is 1.75. The lowest BCUT2D eigenvalue weighted by Gasteiger charge is -2.38. The standard InChI is InChI=1S/C23H34Cl2N2O/c1-6-8-22-27-21(19-11-17(24)12-20(25)23(19)28-22)13-18(26-27)10-9-15(4)16(5)14(3)7-2/h11-12,14-16,21-22H,6-10,13H2,1-5H3. The minimum absolute atomic E-state index is 0.0462. The second kappa shape index (κ2) is 9.26. The van der Waals surface area contributed by atoms with Gasteiger partial charge in [0.2, 0.25) is 0 Å². The van der Waals surface area contributed by atoms with Gasteiger partial charge in [-0.2, -0.15) is 5.10 Å². The van der Waals surface area contributed by atoms with Crippen molar-refractivity contribution in [2.75, 3.05) is 0 Å². The summed E-state index contributed by atoms with van der Waals surface area (Å²) in [6.07, 6.45) is 6.37. The van der Waals surface area contributed by atoms with Crippen molar-refractivity contribution in [2.24, 2.45) is 22.9 Å². The molecule has 2 aliphatic rings. The Morgan fingerprint density at radius 1 is 1.18 bits per heavy atom. The number of hydrogen-bond acceptors (Lipinski definition) is 3. The van der Waals surface area contributed by atoms with Crippen LogP contribution in [0.1, 0.15) is 84.7 Å². The highest BCUT2D eigenvalue weighted by Crippen LogP contribution is 2.47. The summed E-state index contributed by atoms with van der Waals surface area (Å²) < 4.78 is 6.26. The highest BCUT2D eigenvalue weighted by molar-refractivity contribution is 6.35. The van der Waals surface area contributed by atoms with Gasteiger partial charge in [-0.1, -0.05) is 70.7 Å². The molecule has 0 saturated carbocycles. The maximum Gasteiger partial charge on any atom is 0.187 e. The molecule has 1 aromatic carbocycles. The van der Waals surface area contributed by atoms with Gasteiger partial charge in [0, 0.05) is 29.1 Å². The van der Waals surface area contributed by atoms with Crippen LogP contribution in [0.15, 0.2) is 17.2 Å². The van der Waals surface area contributed by atoms with Gasteiger partial charge >= 0.3 is 0 Å². The fourth-order valence-electron chi connectivity index (χ4n) is 4.43. The molecule has 0 aromatic heterocycles. The highest BCUT2D eigenvalue weighted by Gasteiger charge is 2.40. The first-order valence-electron chi connectivity index (χ1n) is 10.9. The van der Waals surface area contributed by atoms with Crippen LogP contribution in [0.3, 0.4) is 0 Å². The summed E-state index contributed by atoms with van der Waals surface area (Å²) in [4.78, 5) is 0. The monoisotopic (exact) mass is 424 g/mol. The third-order valence-corrected chi connectivity index (χ3v) is 7.31. The molecule has 28 heavy (non-hydrogen) atoms. The number of benzene rings is 1. The van der Waals surface area contributed by atoms with Crippen molar-refractivity contribution < 1.29 is 4.74 Å². The van der Waals surface area contributed by atoms with Crippen LogP contribution >= 0.6 is 23.2 Å². The molecule has 2 aliphatic heterocycles. The van der Waals surface area contributed by atoms with E-state index >= 15 is 0 Å². The summed E-state index contributed by atoms with van der Waals surface area (Å²) in [6.45, 7) is 11.6. The maximum absolute atomic E-state index is 6.46. The Hall–Kier alpha value is -0.930. The number of halogens is 2. The van der Waals surface area contributed by atoms with E-state index in [-0.39, 0.29) is 12.3 Å². The first kappa shape index (κ1) is 21.8. The molecule has 5 unspecified atom stereocenters. The Bertz CT molecular complexity index is 721. The van der Waals surface area contributed by atoms with Crippen LogP contribution in [-0.4, -0.2) is 16.9 Å². The largest absolute Gasteiger partial charge is 0.467 e. The molecule has 5 atom stereocenters. The molecule has 0 fully saturated rings. The predicted molar refractivity (Wildman–Crippen MR) is 119 cm³/mol. The van der Waals surface area contributed by atoms with Crippen molar-refractivity contribution in [1.82, 2.24) is 5.01 Å². The lowest BCUT2D eigenvalue weighted by molar-refractivity contribution is -0.0222. The second-order valence-electron chi connectivity index (χ2n) is 8.69. The fraction of sp³-hybridized carbons (Fsp3) is 0.696. The molecule has 0 amide bonds. The fourth-order valence-corrected chi connectivity index (χ4v) is 4.98. The van der Waals surface area contributed by atoms with Gasteiger partial charge in [0.1, 0.15) is 5.75 Å². The molecule has 0 aliphatic carbocycles. The van der Waals surface area contributed by atoms with Crippen molar-refractivity contribution in [2.45, 2.75) is 85.4 Å². The van der Waals surface area contributed by atoms with E-state index in [2.05, 4.69) is 39.6 Å². The topological polar surface area (TPSA) is 24.8 Å². The molecule has 2 heterocycles. The Kier molecular flexibility index (Phi) is 7.20. The van der Waals surface area contributed by atoms with Gasteiger partial charge in [-0.3, -0.25) is 5.01 Å². The molecule has 0 radical (unpaired) electrons. The summed E-state index contributed by atoms with van der Waals surface area (Å²) in [5.41, 5.74) is 2.35. The molecule has 0 saturated heterocycles. The molecule has 3 nitrogen and oxygen atoms in total. The molecule has 156 valence electrons. The average Bonchev–Trinajstić information content (AvgIpc) is 3.10. The van der Waals surface area contributed by atoms with Gasteiger partial charge < -0.3 is 4.74 Å². The Morgan fingerprint density at radius 2 is 1.93 bits per heavy atom. The molecular weight excluding hydrogens is 391 g/mol. The molecule has 3 rings (SSSR count). The van der Waals surface area contributed by atoms with Gasteiger partial charge in [-0.25, -0.2) is 0 Å². The lowest BCUT2D eigenvalue weighted by atomic mass is 9.81. The van der Waals surface area contributed by atoms with Crippen molar-refractivity contribution in [3.63, 3.8) is 0 Å². The van der Waals surface area contributed by atoms with Crippen LogP contribution in [0.2, 0.25) is 10.0 Å². The number of hydrazone groups is 1. The van der Waals surface area contributed by atoms with Crippen molar-refractivity contribution in [3.8, 4) is 5.75 Å². The SMILES string of the molecule is CCCC1Oc2c(Cl)cc(Cl)cc2C2CC(CCC(C)C(C)C(C)CC)=NN12. The van der Waals surface area contributed by atoms with Crippen molar-refractivity contribution in [1.29, 1.82) is 0 Å². The molecular formula is C23H34Cl2N2O. The smallest absolute Gasteiger partial charge is 0.187 e. The molecule has 5 heteroatoms. The van der Waals surface area contributed by atoms with Gasteiger partial charge in [-0.15, -0.1) is 0 Å². The van der Waals surface area contributed by atoms with Crippen molar-refractivity contribution >= 4 is 28.9 Å². The van der Waals surface area contributed by atoms with Crippen LogP contribution in [0, 0.1) is 17.8 Å². The van der Waals surface area contributed by atoms with E-state index in [1.165, 1.54) is 18.6 Å². The van der Waals surface area contributed by atoms with Crippen LogP contribution in [0.25, 0.3) is 0 Å². The van der Waals surface area contributed by atoms with Gasteiger partial charge in [0.25, 0.3) is 0 Å². The zero-order valence-electron chi connectivity index (χ0n) is 17.8. The third kappa shape index (κ3) is 4.46. The summed E-state index contributed by atoms with van der Waals surface area (Å²) in [7, 11) is 0. The van der Waals surface area contributed by atoms with E-state index in [9.17, 15) is 0 Å². The predicted octanol–water partition coefficient (Wildman–Crippen LogP) is 7.71. The summed E-state index contributed by atoms with van der Waals surface area (Å²) in [5.74, 6) is 3.00. The first-order valence-corrected chi connectivity index (χ1v) is 11.6.